The first-order valence-electron chi connectivity index (χ1n) is 10.1. The summed E-state index contributed by atoms with van der Waals surface area (Å²) in [5.74, 6) is 0.628. The van der Waals surface area contributed by atoms with Crippen molar-refractivity contribution in [2.45, 2.75) is 36.8 Å². The van der Waals surface area contributed by atoms with Crippen LogP contribution in [0.5, 0.6) is 0 Å². The van der Waals surface area contributed by atoms with E-state index < -0.39 is 10.0 Å². The Bertz CT molecular complexity index is 990. The fraction of sp³-hybridized carbons (Fsp3) is 0.409. The van der Waals surface area contributed by atoms with E-state index in [1.54, 1.807) is 37.3 Å². The topological polar surface area (TPSA) is 66.5 Å². The molecule has 0 atom stereocenters. The van der Waals surface area contributed by atoms with Gasteiger partial charge in [0.15, 0.2) is 0 Å². The lowest BCUT2D eigenvalue weighted by molar-refractivity contribution is 0.0956. The minimum atomic E-state index is -3.60. The Morgan fingerprint density at radius 2 is 1.87 bits per heavy atom. The molecule has 1 N–H and O–H groups in total. The number of benzene rings is 2. The number of hydrogen-bond acceptors (Lipinski definition) is 4. The molecule has 1 saturated heterocycles. The quantitative estimate of drug-likeness (QED) is 0.618. The number of rotatable bonds is 8. The molecule has 0 unspecified atom stereocenters. The van der Waals surface area contributed by atoms with E-state index in [4.69, 9.17) is 0 Å². The lowest BCUT2D eigenvalue weighted by atomic mass is 10.1. The number of nitrogens with zero attached hydrogens (tertiary/aromatic N) is 1. The monoisotopic (exact) mass is 450 g/mol. The third-order valence-corrected chi connectivity index (χ3v) is 8.18. The summed E-state index contributed by atoms with van der Waals surface area (Å²) in [6.07, 6.45) is 2.77. The fourth-order valence-corrected chi connectivity index (χ4v) is 6.01. The number of carbonyl (C=O) groups excluding carboxylic acids is 1. The summed E-state index contributed by atoms with van der Waals surface area (Å²) < 4.78 is 41.1. The number of halogens is 1. The van der Waals surface area contributed by atoms with Crippen LogP contribution in [0.25, 0.3) is 0 Å². The van der Waals surface area contributed by atoms with E-state index in [1.165, 1.54) is 28.2 Å². The summed E-state index contributed by atoms with van der Waals surface area (Å²) in [5, 5.41) is 2.82. The molecule has 0 spiro atoms. The van der Waals surface area contributed by atoms with E-state index >= 15 is 0 Å². The van der Waals surface area contributed by atoms with Crippen molar-refractivity contribution in [3.05, 3.63) is 65.0 Å². The molecule has 0 radical (unpaired) electrons. The maximum Gasteiger partial charge on any atom is 0.251 e. The molecule has 1 heterocycles. The van der Waals surface area contributed by atoms with Crippen LogP contribution in [0.3, 0.4) is 0 Å². The van der Waals surface area contributed by atoms with Crippen LogP contribution in [-0.4, -0.2) is 44.0 Å². The second kappa shape index (κ2) is 10.4. The smallest absolute Gasteiger partial charge is 0.251 e. The molecule has 1 amide bonds. The number of sulfonamides is 1. The lowest BCUT2D eigenvalue weighted by Crippen LogP contribution is -2.36. The van der Waals surface area contributed by atoms with Gasteiger partial charge in [-0.1, -0.05) is 30.7 Å². The van der Waals surface area contributed by atoms with Gasteiger partial charge < -0.3 is 5.32 Å². The van der Waals surface area contributed by atoms with Crippen LogP contribution >= 0.6 is 11.8 Å². The summed E-state index contributed by atoms with van der Waals surface area (Å²) in [4.78, 5) is 12.7. The molecule has 1 aliphatic heterocycles. The van der Waals surface area contributed by atoms with E-state index in [-0.39, 0.29) is 16.6 Å². The molecule has 162 valence electrons. The highest BCUT2D eigenvalue weighted by Crippen LogP contribution is 2.24. The molecule has 1 fully saturated rings. The highest BCUT2D eigenvalue weighted by molar-refractivity contribution is 7.98. The first kappa shape index (κ1) is 22.8. The number of carbonyl (C=O) groups is 1. The normalized spacial score (nSPS) is 15.1. The zero-order valence-electron chi connectivity index (χ0n) is 17.1. The molecule has 30 heavy (non-hydrogen) atoms. The van der Waals surface area contributed by atoms with E-state index in [0.717, 1.165) is 19.3 Å². The molecule has 2 aromatic carbocycles. The van der Waals surface area contributed by atoms with Crippen LogP contribution in [0.1, 0.15) is 40.7 Å². The molecule has 2 aromatic rings. The van der Waals surface area contributed by atoms with Gasteiger partial charge in [0.1, 0.15) is 5.82 Å². The van der Waals surface area contributed by atoms with Gasteiger partial charge in [0.2, 0.25) is 10.0 Å². The third-order valence-electron chi connectivity index (χ3n) is 5.13. The zero-order chi connectivity index (χ0) is 21.6. The van der Waals surface area contributed by atoms with Crippen molar-refractivity contribution in [1.29, 1.82) is 0 Å². The minimum Gasteiger partial charge on any atom is -0.351 e. The van der Waals surface area contributed by atoms with Gasteiger partial charge in [-0.05, 0) is 49.1 Å². The summed E-state index contributed by atoms with van der Waals surface area (Å²) in [5.41, 5.74) is 1.60. The summed E-state index contributed by atoms with van der Waals surface area (Å²) in [6, 6.07) is 11.4. The maximum absolute atomic E-state index is 13.6. The average molecular weight is 451 g/mol. The highest BCUT2D eigenvalue weighted by atomic mass is 32.2. The number of nitrogens with one attached hydrogen (secondary N) is 1. The fourth-order valence-electron chi connectivity index (χ4n) is 3.40. The van der Waals surface area contributed by atoms with Crippen molar-refractivity contribution < 1.29 is 17.6 Å². The maximum atomic E-state index is 13.6. The third kappa shape index (κ3) is 5.62. The Morgan fingerprint density at radius 3 is 2.60 bits per heavy atom. The van der Waals surface area contributed by atoms with Crippen molar-refractivity contribution >= 4 is 27.7 Å². The number of thioether (sulfide) groups is 1. The molecule has 0 bridgehead atoms. The van der Waals surface area contributed by atoms with E-state index in [2.05, 4.69) is 5.32 Å². The predicted molar refractivity (Wildman–Crippen MR) is 119 cm³/mol. The second-order valence-electron chi connectivity index (χ2n) is 7.34. The van der Waals surface area contributed by atoms with Gasteiger partial charge >= 0.3 is 0 Å². The lowest BCUT2D eigenvalue weighted by Gasteiger charge is -2.26. The first-order chi connectivity index (χ1) is 14.4. The summed E-state index contributed by atoms with van der Waals surface area (Å²) >= 11 is 1.53. The SMILES string of the molecule is Cc1ccc(C(=O)NCCSCc2ccccc2F)cc1S(=O)(=O)N1CCCCC1. The van der Waals surface area contributed by atoms with Crippen LogP contribution in [0.4, 0.5) is 4.39 Å². The summed E-state index contributed by atoms with van der Waals surface area (Å²) in [6.45, 7) is 3.22. The van der Waals surface area contributed by atoms with Gasteiger partial charge in [-0.3, -0.25) is 4.79 Å². The van der Waals surface area contributed by atoms with Crippen molar-refractivity contribution in [2.75, 3.05) is 25.4 Å². The van der Waals surface area contributed by atoms with Crippen molar-refractivity contribution in [1.82, 2.24) is 9.62 Å². The van der Waals surface area contributed by atoms with E-state index in [0.29, 0.717) is 47.8 Å². The standard InChI is InChI=1S/C22H27FN2O3S2/c1-17-9-10-18(15-21(17)30(27,28)25-12-5-2-6-13-25)22(26)24-11-14-29-16-19-7-3-4-8-20(19)23/h3-4,7-10,15H,2,5-6,11-14,16H2,1H3,(H,24,26). The van der Waals surface area contributed by atoms with Crippen LogP contribution in [-0.2, 0) is 15.8 Å². The van der Waals surface area contributed by atoms with Gasteiger partial charge in [-0.25, -0.2) is 12.8 Å². The van der Waals surface area contributed by atoms with E-state index in [9.17, 15) is 17.6 Å². The van der Waals surface area contributed by atoms with Crippen LogP contribution in [0, 0.1) is 12.7 Å². The number of amides is 1. The molecular formula is C22H27FN2O3S2. The van der Waals surface area contributed by atoms with Gasteiger partial charge in [0.05, 0.1) is 4.90 Å². The molecule has 3 rings (SSSR count). The Hall–Kier alpha value is -1.90. The number of aryl methyl sites for hydroxylation is 1. The molecule has 5 nitrogen and oxygen atoms in total. The van der Waals surface area contributed by atoms with Gasteiger partial charge in [0.25, 0.3) is 5.91 Å². The highest BCUT2D eigenvalue weighted by Gasteiger charge is 2.28. The van der Waals surface area contributed by atoms with Crippen LogP contribution < -0.4 is 5.32 Å². The molecule has 8 heteroatoms. The molecule has 0 aliphatic carbocycles. The van der Waals surface area contributed by atoms with E-state index in [1.807, 2.05) is 0 Å². The van der Waals surface area contributed by atoms with Crippen molar-refractivity contribution in [3.63, 3.8) is 0 Å². The Morgan fingerprint density at radius 1 is 1.13 bits per heavy atom. The van der Waals surface area contributed by atoms with Crippen LogP contribution in [0.2, 0.25) is 0 Å². The second-order valence-corrected chi connectivity index (χ2v) is 10.4. The number of hydrogen-bond donors (Lipinski definition) is 1. The van der Waals surface area contributed by atoms with Gasteiger partial charge in [-0.15, -0.1) is 0 Å². The van der Waals surface area contributed by atoms with Crippen LogP contribution in [0.15, 0.2) is 47.4 Å². The summed E-state index contributed by atoms with van der Waals surface area (Å²) in [7, 11) is -3.60. The predicted octanol–water partition coefficient (Wildman–Crippen LogP) is 3.97. The van der Waals surface area contributed by atoms with Crippen molar-refractivity contribution in [2.24, 2.45) is 0 Å². The Balaban J connectivity index is 1.57. The van der Waals surface area contributed by atoms with Gasteiger partial charge in [-0.2, -0.15) is 16.1 Å². The molecular weight excluding hydrogens is 423 g/mol. The Kier molecular flexibility index (Phi) is 7.91. The number of piperidine rings is 1. The Labute approximate surface area is 182 Å². The average Bonchev–Trinajstić information content (AvgIpc) is 2.75. The zero-order valence-corrected chi connectivity index (χ0v) is 18.7. The molecule has 0 saturated carbocycles. The molecule has 1 aliphatic rings. The van der Waals surface area contributed by atoms with Gasteiger partial charge in [0, 0.05) is 36.7 Å². The molecule has 0 aromatic heterocycles. The minimum absolute atomic E-state index is 0.200. The largest absolute Gasteiger partial charge is 0.351 e. The first-order valence-corrected chi connectivity index (χ1v) is 12.7. The van der Waals surface area contributed by atoms with Crippen molar-refractivity contribution in [3.8, 4) is 0 Å².